The number of hydrogen-bond donors (Lipinski definition) is 1. The van der Waals surface area contributed by atoms with Crippen LogP contribution in [0.5, 0.6) is 0 Å². The summed E-state index contributed by atoms with van der Waals surface area (Å²) in [5.74, 6) is 1.31. The van der Waals surface area contributed by atoms with Gasteiger partial charge in [0.25, 0.3) is 11.5 Å². The van der Waals surface area contributed by atoms with Crippen LogP contribution < -0.4 is 5.56 Å². The first kappa shape index (κ1) is 19.6. The van der Waals surface area contributed by atoms with Crippen LogP contribution in [0, 0.1) is 0 Å². The number of aromatic amines is 1. The van der Waals surface area contributed by atoms with Crippen molar-refractivity contribution in [1.29, 1.82) is 0 Å². The number of benzene rings is 1. The zero-order valence-corrected chi connectivity index (χ0v) is 17.4. The highest BCUT2D eigenvalue weighted by Crippen LogP contribution is 2.33. The molecule has 0 radical (unpaired) electrons. The van der Waals surface area contributed by atoms with E-state index in [2.05, 4.69) is 9.97 Å². The Bertz CT molecular complexity index is 1090. The largest absolute Gasteiger partial charge is 0.340 e. The SMILES string of the molecule is CN(C)CCN(C)C(=O)c1ccc2c(c1)[nH]c(=O)c1cnc(C3CCCCC3)n12. The lowest BCUT2D eigenvalue weighted by Crippen LogP contribution is -2.33. The Balaban J connectivity index is 1.75. The second-order valence-corrected chi connectivity index (χ2v) is 8.39. The van der Waals surface area contributed by atoms with Gasteiger partial charge < -0.3 is 14.8 Å². The Labute approximate surface area is 170 Å². The van der Waals surface area contributed by atoms with Crippen molar-refractivity contribution in [3.8, 4) is 0 Å². The number of nitrogens with zero attached hydrogens (tertiary/aromatic N) is 4. The molecule has 0 atom stereocenters. The van der Waals surface area contributed by atoms with E-state index in [1.165, 1.54) is 19.3 Å². The van der Waals surface area contributed by atoms with Crippen LogP contribution in [0.15, 0.2) is 29.2 Å². The van der Waals surface area contributed by atoms with Crippen LogP contribution in [0.3, 0.4) is 0 Å². The fraction of sp³-hybridized carbons (Fsp3) is 0.500. The van der Waals surface area contributed by atoms with Crippen LogP contribution in [0.4, 0.5) is 0 Å². The van der Waals surface area contributed by atoms with Gasteiger partial charge in [0.2, 0.25) is 0 Å². The fourth-order valence-corrected chi connectivity index (χ4v) is 4.25. The summed E-state index contributed by atoms with van der Waals surface area (Å²) in [5.41, 5.74) is 2.54. The molecule has 1 fully saturated rings. The normalized spacial score (nSPS) is 15.4. The van der Waals surface area contributed by atoms with Crippen LogP contribution in [0.1, 0.15) is 54.2 Å². The minimum Gasteiger partial charge on any atom is -0.340 e. The van der Waals surface area contributed by atoms with Crippen LogP contribution in [0.2, 0.25) is 0 Å². The molecular weight excluding hydrogens is 366 g/mol. The van der Waals surface area contributed by atoms with Crippen molar-refractivity contribution >= 4 is 22.5 Å². The van der Waals surface area contributed by atoms with Gasteiger partial charge in [-0.15, -0.1) is 0 Å². The number of aromatic nitrogens is 3. The van der Waals surface area contributed by atoms with Crippen LogP contribution >= 0.6 is 0 Å². The molecule has 2 heterocycles. The van der Waals surface area contributed by atoms with E-state index in [-0.39, 0.29) is 11.5 Å². The van der Waals surface area contributed by atoms with E-state index < -0.39 is 0 Å². The standard InChI is InChI=1S/C22H29N5O2/c1-25(2)11-12-26(3)22(29)16-9-10-18-17(13-16)24-21(28)19-14-23-20(27(18)19)15-7-5-4-6-8-15/h9-10,13-15H,4-8,11-12H2,1-3H3,(H,24,28). The Morgan fingerprint density at radius 3 is 2.62 bits per heavy atom. The van der Waals surface area contributed by atoms with Crippen molar-refractivity contribution in [2.45, 2.75) is 38.0 Å². The summed E-state index contributed by atoms with van der Waals surface area (Å²) in [6.07, 6.45) is 7.59. The fourth-order valence-electron chi connectivity index (χ4n) is 4.25. The number of likely N-dealkylation sites (N-methyl/N-ethyl adjacent to an activating group) is 2. The summed E-state index contributed by atoms with van der Waals surface area (Å²) in [5, 5.41) is 0. The van der Waals surface area contributed by atoms with Crippen molar-refractivity contribution in [3.05, 3.63) is 46.1 Å². The molecule has 0 saturated heterocycles. The van der Waals surface area contributed by atoms with Gasteiger partial charge in [0.1, 0.15) is 11.3 Å². The van der Waals surface area contributed by atoms with E-state index in [1.54, 1.807) is 24.2 Å². The second kappa shape index (κ2) is 7.99. The van der Waals surface area contributed by atoms with Crippen molar-refractivity contribution in [3.63, 3.8) is 0 Å². The number of imidazole rings is 1. The first-order chi connectivity index (χ1) is 14.0. The molecule has 154 valence electrons. The van der Waals surface area contributed by atoms with Crippen molar-refractivity contribution < 1.29 is 4.79 Å². The quantitative estimate of drug-likeness (QED) is 0.721. The molecule has 1 aromatic carbocycles. The smallest absolute Gasteiger partial charge is 0.274 e. The molecule has 7 heteroatoms. The number of carbonyl (C=O) groups excluding carboxylic acids is 1. The maximum absolute atomic E-state index is 12.8. The zero-order valence-electron chi connectivity index (χ0n) is 17.4. The highest BCUT2D eigenvalue weighted by molar-refractivity contribution is 5.97. The Morgan fingerprint density at radius 1 is 1.14 bits per heavy atom. The van der Waals surface area contributed by atoms with Crippen LogP contribution in [-0.4, -0.2) is 64.3 Å². The van der Waals surface area contributed by atoms with E-state index in [4.69, 9.17) is 0 Å². The summed E-state index contributed by atoms with van der Waals surface area (Å²) < 4.78 is 1.99. The van der Waals surface area contributed by atoms with Gasteiger partial charge in [-0.25, -0.2) is 4.98 Å². The van der Waals surface area contributed by atoms with Gasteiger partial charge in [-0.05, 0) is 45.1 Å². The maximum Gasteiger partial charge on any atom is 0.274 e. The van der Waals surface area contributed by atoms with E-state index in [9.17, 15) is 9.59 Å². The molecule has 0 bridgehead atoms. The predicted octanol–water partition coefficient (Wildman–Crippen LogP) is 2.86. The molecule has 3 aromatic rings. The average molecular weight is 396 g/mol. The molecule has 2 aromatic heterocycles. The summed E-state index contributed by atoms with van der Waals surface area (Å²) in [6.45, 7) is 1.44. The zero-order chi connectivity index (χ0) is 20.5. The van der Waals surface area contributed by atoms with Gasteiger partial charge in [0, 0.05) is 31.6 Å². The minimum absolute atomic E-state index is 0.0483. The number of amides is 1. The summed E-state index contributed by atoms with van der Waals surface area (Å²) in [6, 6.07) is 5.56. The lowest BCUT2D eigenvalue weighted by molar-refractivity contribution is 0.0786. The van der Waals surface area contributed by atoms with Gasteiger partial charge in [0.05, 0.1) is 17.2 Å². The molecular formula is C22H29N5O2. The number of hydrogen-bond acceptors (Lipinski definition) is 4. The number of nitrogens with one attached hydrogen (secondary N) is 1. The molecule has 7 nitrogen and oxygen atoms in total. The Hall–Kier alpha value is -2.67. The average Bonchev–Trinajstić information content (AvgIpc) is 3.18. The molecule has 0 unspecified atom stereocenters. The van der Waals surface area contributed by atoms with Gasteiger partial charge in [-0.2, -0.15) is 0 Å². The van der Waals surface area contributed by atoms with E-state index in [0.717, 1.165) is 30.7 Å². The highest BCUT2D eigenvalue weighted by atomic mass is 16.2. The number of fused-ring (bicyclic) bond motifs is 3. The molecule has 4 rings (SSSR count). The summed E-state index contributed by atoms with van der Waals surface area (Å²) >= 11 is 0. The highest BCUT2D eigenvalue weighted by Gasteiger charge is 2.22. The lowest BCUT2D eigenvalue weighted by atomic mass is 9.89. The van der Waals surface area contributed by atoms with E-state index in [0.29, 0.717) is 29.1 Å². The Kier molecular flexibility index (Phi) is 5.41. The second-order valence-electron chi connectivity index (χ2n) is 8.39. The van der Waals surface area contributed by atoms with Gasteiger partial charge in [-0.3, -0.25) is 14.0 Å². The molecule has 1 amide bonds. The van der Waals surface area contributed by atoms with Crippen LogP contribution in [0.25, 0.3) is 16.6 Å². The maximum atomic E-state index is 12.8. The van der Waals surface area contributed by atoms with Gasteiger partial charge in [-0.1, -0.05) is 19.3 Å². The molecule has 1 aliphatic carbocycles. The molecule has 1 aliphatic rings. The van der Waals surface area contributed by atoms with Crippen molar-refractivity contribution in [2.75, 3.05) is 34.2 Å². The third-order valence-corrected chi connectivity index (χ3v) is 5.95. The molecule has 0 spiro atoms. The van der Waals surface area contributed by atoms with Crippen LogP contribution in [-0.2, 0) is 0 Å². The topological polar surface area (TPSA) is 73.7 Å². The number of rotatable bonds is 5. The first-order valence-electron chi connectivity index (χ1n) is 10.4. The van der Waals surface area contributed by atoms with Crippen molar-refractivity contribution in [1.82, 2.24) is 24.2 Å². The molecule has 1 saturated carbocycles. The lowest BCUT2D eigenvalue weighted by Gasteiger charge is -2.21. The summed E-state index contributed by atoms with van der Waals surface area (Å²) in [4.78, 5) is 36.8. The monoisotopic (exact) mass is 395 g/mol. The van der Waals surface area contributed by atoms with E-state index >= 15 is 0 Å². The van der Waals surface area contributed by atoms with Crippen molar-refractivity contribution in [2.24, 2.45) is 0 Å². The van der Waals surface area contributed by atoms with Gasteiger partial charge in [0.15, 0.2) is 0 Å². The molecule has 1 N–H and O–H groups in total. The number of carbonyl (C=O) groups is 1. The van der Waals surface area contributed by atoms with Gasteiger partial charge >= 0.3 is 0 Å². The predicted molar refractivity (Wildman–Crippen MR) is 115 cm³/mol. The summed E-state index contributed by atoms with van der Waals surface area (Å²) in [7, 11) is 5.78. The molecule has 29 heavy (non-hydrogen) atoms. The third kappa shape index (κ3) is 3.79. The van der Waals surface area contributed by atoms with E-state index in [1.807, 2.05) is 35.5 Å². The third-order valence-electron chi connectivity index (χ3n) is 5.95. The first-order valence-corrected chi connectivity index (χ1v) is 10.4. The molecule has 0 aliphatic heterocycles. The Morgan fingerprint density at radius 2 is 1.90 bits per heavy atom. The minimum atomic E-state index is -0.169. The number of H-pyrrole nitrogens is 1.